The Morgan fingerprint density at radius 2 is 1.48 bits per heavy atom. The summed E-state index contributed by atoms with van der Waals surface area (Å²) in [6.07, 6.45) is -0.281. The summed E-state index contributed by atoms with van der Waals surface area (Å²) in [7, 11) is 0. The fourth-order valence-corrected chi connectivity index (χ4v) is 1.70. The number of carboxylic acid groups (broad SMARTS) is 2. The van der Waals surface area contributed by atoms with Crippen LogP contribution < -0.4 is 5.32 Å². The standard InChI is InChI=1S/C14H18N2O5/c17-12(15-11-4-2-1-3-5-11)10-16(8-6-13(18)19)9-7-14(20)21/h1-5H,6-10H2,(H,15,17)(H,18,19)(H,20,21). The van der Waals surface area contributed by atoms with E-state index in [4.69, 9.17) is 10.2 Å². The number of anilines is 1. The zero-order valence-corrected chi connectivity index (χ0v) is 11.5. The summed E-state index contributed by atoms with van der Waals surface area (Å²) in [6.45, 7) is 0.213. The van der Waals surface area contributed by atoms with Crippen molar-refractivity contribution in [3.8, 4) is 0 Å². The number of hydrogen-bond donors (Lipinski definition) is 3. The van der Waals surface area contributed by atoms with Crippen LogP contribution in [0.3, 0.4) is 0 Å². The van der Waals surface area contributed by atoms with Crippen LogP contribution >= 0.6 is 0 Å². The molecule has 0 fully saturated rings. The number of amides is 1. The zero-order valence-electron chi connectivity index (χ0n) is 11.5. The Hall–Kier alpha value is -2.41. The molecule has 0 atom stereocenters. The van der Waals surface area contributed by atoms with Crippen molar-refractivity contribution in [2.24, 2.45) is 0 Å². The van der Waals surface area contributed by atoms with Crippen LogP contribution in [0, 0.1) is 0 Å². The molecule has 114 valence electrons. The number of nitrogens with zero attached hydrogens (tertiary/aromatic N) is 1. The third kappa shape index (κ3) is 7.68. The minimum atomic E-state index is -0.987. The van der Waals surface area contributed by atoms with Crippen molar-refractivity contribution in [3.63, 3.8) is 0 Å². The van der Waals surface area contributed by atoms with Crippen LogP contribution in [-0.4, -0.2) is 52.6 Å². The van der Waals surface area contributed by atoms with Crippen LogP contribution in [0.15, 0.2) is 30.3 Å². The van der Waals surface area contributed by atoms with E-state index in [0.717, 1.165) is 0 Å². The summed E-state index contributed by atoms with van der Waals surface area (Å²) in [5, 5.41) is 20.0. The van der Waals surface area contributed by atoms with Gasteiger partial charge in [-0.15, -0.1) is 0 Å². The fraction of sp³-hybridized carbons (Fsp3) is 0.357. The minimum absolute atomic E-state index is 0.0462. The molecule has 0 saturated heterocycles. The lowest BCUT2D eigenvalue weighted by Gasteiger charge is -2.20. The summed E-state index contributed by atoms with van der Waals surface area (Å²) in [4.78, 5) is 34.5. The average Bonchev–Trinajstić information content (AvgIpc) is 2.42. The van der Waals surface area contributed by atoms with Gasteiger partial charge >= 0.3 is 11.9 Å². The molecule has 0 bridgehead atoms. The smallest absolute Gasteiger partial charge is 0.304 e. The second-order valence-electron chi connectivity index (χ2n) is 4.48. The van der Waals surface area contributed by atoms with Gasteiger partial charge in [-0.05, 0) is 12.1 Å². The SMILES string of the molecule is O=C(O)CCN(CCC(=O)O)CC(=O)Nc1ccccc1. The van der Waals surface area contributed by atoms with E-state index in [1.54, 1.807) is 24.3 Å². The van der Waals surface area contributed by atoms with Crippen LogP contribution in [0.2, 0.25) is 0 Å². The van der Waals surface area contributed by atoms with E-state index in [1.807, 2.05) is 6.07 Å². The third-order valence-electron chi connectivity index (χ3n) is 2.71. The van der Waals surface area contributed by atoms with Crippen molar-refractivity contribution in [1.82, 2.24) is 4.90 Å². The van der Waals surface area contributed by atoms with Crippen LogP contribution in [0.1, 0.15) is 12.8 Å². The molecule has 1 aromatic carbocycles. The van der Waals surface area contributed by atoms with E-state index in [1.165, 1.54) is 4.90 Å². The molecular formula is C14H18N2O5. The summed E-state index contributed by atoms with van der Waals surface area (Å²) < 4.78 is 0. The molecule has 7 nitrogen and oxygen atoms in total. The maximum absolute atomic E-state index is 11.9. The Morgan fingerprint density at radius 1 is 0.952 bits per heavy atom. The Labute approximate surface area is 122 Å². The van der Waals surface area contributed by atoms with Crippen LogP contribution in [-0.2, 0) is 14.4 Å². The monoisotopic (exact) mass is 294 g/mol. The van der Waals surface area contributed by atoms with E-state index in [0.29, 0.717) is 5.69 Å². The molecule has 0 radical (unpaired) electrons. The van der Waals surface area contributed by atoms with Crippen molar-refractivity contribution in [3.05, 3.63) is 30.3 Å². The minimum Gasteiger partial charge on any atom is -0.481 e. The predicted octanol–water partition coefficient (Wildman–Crippen LogP) is 0.876. The molecule has 21 heavy (non-hydrogen) atoms. The van der Waals surface area contributed by atoms with Gasteiger partial charge in [-0.1, -0.05) is 18.2 Å². The highest BCUT2D eigenvalue weighted by molar-refractivity contribution is 5.92. The van der Waals surface area contributed by atoms with Crippen LogP contribution in [0.25, 0.3) is 0 Å². The lowest BCUT2D eigenvalue weighted by Crippen LogP contribution is -2.36. The Morgan fingerprint density at radius 3 is 1.95 bits per heavy atom. The Balaban J connectivity index is 2.51. The van der Waals surface area contributed by atoms with Gasteiger partial charge in [-0.3, -0.25) is 19.3 Å². The van der Waals surface area contributed by atoms with E-state index < -0.39 is 11.9 Å². The molecule has 0 saturated carbocycles. The van der Waals surface area contributed by atoms with Crippen molar-refractivity contribution in [2.75, 3.05) is 25.0 Å². The highest BCUT2D eigenvalue weighted by atomic mass is 16.4. The molecule has 0 aliphatic carbocycles. The van der Waals surface area contributed by atoms with Crippen LogP contribution in [0.5, 0.6) is 0 Å². The number of carbonyl (C=O) groups is 3. The quantitative estimate of drug-likeness (QED) is 0.624. The molecular weight excluding hydrogens is 276 g/mol. The number of hydrogen-bond acceptors (Lipinski definition) is 4. The second-order valence-corrected chi connectivity index (χ2v) is 4.48. The average molecular weight is 294 g/mol. The summed E-state index contributed by atoms with van der Waals surface area (Å²) >= 11 is 0. The highest BCUT2D eigenvalue weighted by Crippen LogP contribution is 2.05. The first kappa shape index (κ1) is 16.6. The molecule has 0 spiro atoms. The molecule has 1 amide bonds. The number of carbonyl (C=O) groups excluding carboxylic acids is 1. The van der Waals surface area contributed by atoms with E-state index >= 15 is 0 Å². The largest absolute Gasteiger partial charge is 0.481 e. The molecule has 0 aromatic heterocycles. The molecule has 0 heterocycles. The van der Waals surface area contributed by atoms with Crippen molar-refractivity contribution < 1.29 is 24.6 Å². The van der Waals surface area contributed by atoms with Crippen molar-refractivity contribution in [2.45, 2.75) is 12.8 Å². The normalized spacial score (nSPS) is 10.3. The Bertz CT molecular complexity index is 471. The van der Waals surface area contributed by atoms with Gasteiger partial charge in [0.25, 0.3) is 0 Å². The number of benzene rings is 1. The third-order valence-corrected chi connectivity index (χ3v) is 2.71. The molecule has 0 aliphatic rings. The van der Waals surface area contributed by atoms with Crippen molar-refractivity contribution in [1.29, 1.82) is 0 Å². The van der Waals surface area contributed by atoms with Gasteiger partial charge < -0.3 is 15.5 Å². The van der Waals surface area contributed by atoms with Gasteiger partial charge in [0.05, 0.1) is 19.4 Å². The molecule has 1 rings (SSSR count). The number of rotatable bonds is 9. The molecule has 0 aliphatic heterocycles. The van der Waals surface area contributed by atoms with Crippen LogP contribution in [0.4, 0.5) is 5.69 Å². The number of para-hydroxylation sites is 1. The second kappa shape index (κ2) is 8.70. The number of aliphatic carboxylic acids is 2. The molecule has 0 unspecified atom stereocenters. The summed E-state index contributed by atoms with van der Waals surface area (Å²) in [6, 6.07) is 8.85. The maximum Gasteiger partial charge on any atom is 0.304 e. The molecule has 3 N–H and O–H groups in total. The van der Waals surface area contributed by atoms with Gasteiger partial charge in [-0.25, -0.2) is 0 Å². The molecule has 7 heteroatoms. The Kier molecular flexibility index (Phi) is 6.90. The lowest BCUT2D eigenvalue weighted by molar-refractivity contribution is -0.138. The summed E-state index contributed by atoms with van der Waals surface area (Å²) in [5.74, 6) is -2.28. The van der Waals surface area contributed by atoms with Crippen molar-refractivity contribution >= 4 is 23.5 Å². The van der Waals surface area contributed by atoms with Gasteiger partial charge in [0, 0.05) is 18.8 Å². The summed E-state index contributed by atoms with van der Waals surface area (Å²) in [5.41, 5.74) is 0.638. The van der Waals surface area contributed by atoms with Gasteiger partial charge in [0.2, 0.25) is 5.91 Å². The van der Waals surface area contributed by atoms with E-state index in [-0.39, 0.29) is 38.4 Å². The zero-order chi connectivity index (χ0) is 15.7. The highest BCUT2D eigenvalue weighted by Gasteiger charge is 2.13. The topological polar surface area (TPSA) is 107 Å². The number of carboxylic acids is 2. The van der Waals surface area contributed by atoms with E-state index in [9.17, 15) is 14.4 Å². The van der Waals surface area contributed by atoms with Gasteiger partial charge in [-0.2, -0.15) is 0 Å². The first-order valence-corrected chi connectivity index (χ1v) is 6.48. The maximum atomic E-state index is 11.9. The van der Waals surface area contributed by atoms with Gasteiger partial charge in [0.1, 0.15) is 0 Å². The van der Waals surface area contributed by atoms with Gasteiger partial charge in [0.15, 0.2) is 0 Å². The number of nitrogens with one attached hydrogen (secondary N) is 1. The first-order chi connectivity index (χ1) is 9.97. The fourth-order valence-electron chi connectivity index (χ4n) is 1.70. The van der Waals surface area contributed by atoms with E-state index in [2.05, 4.69) is 5.32 Å². The first-order valence-electron chi connectivity index (χ1n) is 6.48. The predicted molar refractivity (Wildman–Crippen MR) is 76.0 cm³/mol. The molecule has 1 aromatic rings. The lowest BCUT2D eigenvalue weighted by atomic mass is 10.3.